The number of amides is 3. The van der Waals surface area contributed by atoms with Gasteiger partial charge in [0.1, 0.15) is 11.5 Å². The van der Waals surface area contributed by atoms with Gasteiger partial charge in [0.05, 0.1) is 22.2 Å². The Labute approximate surface area is 223 Å². The van der Waals surface area contributed by atoms with Crippen LogP contribution in [0.2, 0.25) is 0 Å². The molecule has 2 heterocycles. The van der Waals surface area contributed by atoms with Gasteiger partial charge in [-0.1, -0.05) is 45.0 Å². The molecule has 1 aliphatic carbocycles. The summed E-state index contributed by atoms with van der Waals surface area (Å²) < 4.78 is 0. The summed E-state index contributed by atoms with van der Waals surface area (Å²) >= 11 is 1.64. The highest BCUT2D eigenvalue weighted by molar-refractivity contribution is 7.13. The molecule has 1 aromatic carbocycles. The van der Waals surface area contributed by atoms with Crippen LogP contribution in [-0.2, 0) is 20.9 Å². The second kappa shape index (κ2) is 11.9. The molecule has 1 saturated carbocycles. The summed E-state index contributed by atoms with van der Waals surface area (Å²) in [5, 5.41) is 14.6. The van der Waals surface area contributed by atoms with E-state index in [0.717, 1.165) is 30.6 Å². The fourth-order valence-electron chi connectivity index (χ4n) is 4.37. The summed E-state index contributed by atoms with van der Waals surface area (Å²) in [5.41, 5.74) is 3.92. The summed E-state index contributed by atoms with van der Waals surface area (Å²) in [4.78, 5) is 42.6. The fourth-order valence-corrected chi connectivity index (χ4v) is 5.18. The number of thiazole rings is 1. The Balaban J connectivity index is 0.000000213. The lowest BCUT2D eigenvalue weighted by atomic mass is 9.85. The van der Waals surface area contributed by atoms with Crippen LogP contribution in [-0.4, -0.2) is 46.7 Å². The topological polar surface area (TPSA) is 115 Å². The van der Waals surface area contributed by atoms with E-state index in [0.29, 0.717) is 25.8 Å². The number of carbonyl (C=O) groups excluding carboxylic acids is 3. The third kappa shape index (κ3) is 6.95. The van der Waals surface area contributed by atoms with Gasteiger partial charge in [-0.3, -0.25) is 14.4 Å². The Morgan fingerprint density at radius 2 is 1.97 bits per heavy atom. The third-order valence-corrected chi connectivity index (χ3v) is 7.95. The Hall–Kier alpha value is -3.25. The van der Waals surface area contributed by atoms with Crippen molar-refractivity contribution in [3.8, 4) is 16.5 Å². The number of hydrogen-bond donors (Lipinski definition) is 2. The van der Waals surface area contributed by atoms with E-state index >= 15 is 0 Å². The second-order valence-electron chi connectivity index (χ2n) is 11.0. The van der Waals surface area contributed by atoms with Crippen LogP contribution in [0.4, 0.5) is 0 Å². The predicted octanol–water partition coefficient (Wildman–Crippen LogP) is 4.20. The van der Waals surface area contributed by atoms with Crippen LogP contribution in [0.3, 0.4) is 0 Å². The molecule has 2 unspecified atom stereocenters. The highest BCUT2D eigenvalue weighted by atomic mass is 32.1. The number of benzene rings is 1. The average molecular weight is 524 g/mol. The van der Waals surface area contributed by atoms with Gasteiger partial charge in [-0.25, -0.2) is 4.98 Å². The number of aryl methyl sites for hydroxylation is 1. The van der Waals surface area contributed by atoms with Crippen LogP contribution in [0, 0.1) is 29.1 Å². The van der Waals surface area contributed by atoms with Crippen molar-refractivity contribution >= 4 is 29.6 Å². The molecule has 8 nitrogen and oxygen atoms in total. The first kappa shape index (κ1) is 28.3. The smallest absolute Gasteiger partial charge is 0.245 e. The molecule has 198 valence electrons. The lowest BCUT2D eigenvalue weighted by Gasteiger charge is -2.35. The molecule has 1 aliphatic heterocycles. The second-order valence-corrected chi connectivity index (χ2v) is 11.8. The van der Waals surface area contributed by atoms with Gasteiger partial charge >= 0.3 is 0 Å². The van der Waals surface area contributed by atoms with Crippen LogP contribution in [0.1, 0.15) is 64.6 Å². The van der Waals surface area contributed by atoms with E-state index in [1.54, 1.807) is 11.3 Å². The van der Waals surface area contributed by atoms with Crippen LogP contribution in [0.15, 0.2) is 29.8 Å². The maximum atomic E-state index is 12.8. The van der Waals surface area contributed by atoms with E-state index in [1.165, 1.54) is 10.4 Å². The average Bonchev–Trinajstić information content (AvgIpc) is 3.38. The highest BCUT2D eigenvalue weighted by Crippen LogP contribution is 2.45. The van der Waals surface area contributed by atoms with Gasteiger partial charge in [0.2, 0.25) is 18.2 Å². The van der Waals surface area contributed by atoms with Crippen molar-refractivity contribution in [1.82, 2.24) is 20.5 Å². The zero-order chi connectivity index (χ0) is 27.2. The number of aromatic nitrogens is 1. The molecule has 2 N–H and O–H groups in total. The molecule has 4 rings (SSSR count). The molecule has 0 bridgehead atoms. The molecule has 2 atom stereocenters. The molecular weight excluding hydrogens is 486 g/mol. The Kier molecular flexibility index (Phi) is 9.08. The SMILES string of the molecule is CC1CCCN1C(=O)C(NC(=O)C1(C#N)CC1)C(C)(C)C.Cc1ncsc1-c1ccc(CNC=O)cc1. The molecular formula is C28H37N5O3S. The molecule has 1 aromatic heterocycles. The van der Waals surface area contributed by atoms with E-state index in [-0.39, 0.29) is 23.3 Å². The quantitative estimate of drug-likeness (QED) is 0.528. The van der Waals surface area contributed by atoms with Crippen LogP contribution in [0.5, 0.6) is 0 Å². The molecule has 9 heteroatoms. The monoisotopic (exact) mass is 523 g/mol. The Morgan fingerprint density at radius 3 is 2.43 bits per heavy atom. The van der Waals surface area contributed by atoms with Crippen LogP contribution >= 0.6 is 11.3 Å². The van der Waals surface area contributed by atoms with Crippen molar-refractivity contribution in [1.29, 1.82) is 5.26 Å². The summed E-state index contributed by atoms with van der Waals surface area (Å²) in [6.07, 6.45) is 3.93. The molecule has 0 radical (unpaired) electrons. The first-order valence-corrected chi connectivity index (χ1v) is 13.6. The van der Waals surface area contributed by atoms with Crippen molar-refractivity contribution in [2.24, 2.45) is 10.8 Å². The van der Waals surface area contributed by atoms with Crippen molar-refractivity contribution < 1.29 is 14.4 Å². The van der Waals surface area contributed by atoms with E-state index in [9.17, 15) is 14.4 Å². The minimum Gasteiger partial charge on any atom is -0.355 e. The predicted molar refractivity (Wildman–Crippen MR) is 144 cm³/mol. The normalized spacial score (nSPS) is 18.6. The number of nitriles is 1. The zero-order valence-electron chi connectivity index (χ0n) is 22.3. The van der Waals surface area contributed by atoms with Crippen molar-refractivity contribution in [3.63, 3.8) is 0 Å². The number of nitrogens with one attached hydrogen (secondary N) is 2. The van der Waals surface area contributed by atoms with Gasteiger partial charge in [0.15, 0.2) is 0 Å². The molecule has 37 heavy (non-hydrogen) atoms. The summed E-state index contributed by atoms with van der Waals surface area (Å²) in [6, 6.07) is 9.90. The molecule has 2 aromatic rings. The van der Waals surface area contributed by atoms with E-state index < -0.39 is 11.5 Å². The molecule has 3 amide bonds. The highest BCUT2D eigenvalue weighted by Gasteiger charge is 2.52. The van der Waals surface area contributed by atoms with Gasteiger partial charge in [-0.05, 0) is 56.1 Å². The number of carbonyl (C=O) groups is 3. The lowest BCUT2D eigenvalue weighted by molar-refractivity contribution is -0.140. The van der Waals surface area contributed by atoms with E-state index in [1.807, 2.05) is 57.2 Å². The Bertz CT molecular complexity index is 1140. The first-order valence-electron chi connectivity index (χ1n) is 12.7. The number of likely N-dealkylation sites (tertiary alicyclic amines) is 1. The van der Waals surface area contributed by atoms with Crippen molar-refractivity contribution in [2.75, 3.05) is 6.54 Å². The van der Waals surface area contributed by atoms with Crippen molar-refractivity contribution in [3.05, 3.63) is 41.0 Å². The number of nitrogens with zero attached hydrogens (tertiary/aromatic N) is 3. The third-order valence-electron chi connectivity index (χ3n) is 6.97. The van der Waals surface area contributed by atoms with Crippen LogP contribution in [0.25, 0.3) is 10.4 Å². The molecule has 2 aliphatic rings. The van der Waals surface area contributed by atoms with Gasteiger partial charge < -0.3 is 15.5 Å². The van der Waals surface area contributed by atoms with E-state index in [4.69, 9.17) is 5.26 Å². The first-order chi connectivity index (χ1) is 17.5. The number of hydrogen-bond acceptors (Lipinski definition) is 6. The zero-order valence-corrected chi connectivity index (χ0v) is 23.2. The summed E-state index contributed by atoms with van der Waals surface area (Å²) in [5.74, 6) is -0.306. The van der Waals surface area contributed by atoms with Crippen molar-refractivity contribution in [2.45, 2.75) is 78.9 Å². The van der Waals surface area contributed by atoms with Gasteiger partial charge in [0, 0.05) is 19.1 Å². The minimum atomic E-state index is -0.888. The minimum absolute atomic E-state index is 0.0189. The standard InChI is InChI=1S/C16H25N3O2.C12H12N2OS/c1-11-6-5-9-19(11)13(20)12(15(2,3)4)18-14(21)16(10-17)7-8-16;1-9-12(16-8-14-9)11-4-2-10(3-5-11)6-13-7-15/h11-12H,5-9H2,1-4H3,(H,18,21);2-5,7-8H,6H2,1H3,(H,13,15). The maximum absolute atomic E-state index is 12.8. The molecule has 0 spiro atoms. The largest absolute Gasteiger partial charge is 0.355 e. The van der Waals surface area contributed by atoms with E-state index in [2.05, 4.69) is 33.8 Å². The maximum Gasteiger partial charge on any atom is 0.245 e. The summed E-state index contributed by atoms with van der Waals surface area (Å²) in [6.45, 7) is 11.2. The molecule has 2 fully saturated rings. The molecule has 1 saturated heterocycles. The van der Waals surface area contributed by atoms with Gasteiger partial charge in [-0.2, -0.15) is 5.26 Å². The Morgan fingerprint density at radius 1 is 1.30 bits per heavy atom. The van der Waals surface area contributed by atoms with Crippen LogP contribution < -0.4 is 10.6 Å². The number of rotatable bonds is 7. The fraction of sp³-hybridized carbons (Fsp3) is 0.536. The van der Waals surface area contributed by atoms with Gasteiger partial charge in [-0.15, -0.1) is 11.3 Å². The van der Waals surface area contributed by atoms with Gasteiger partial charge in [0.25, 0.3) is 0 Å². The summed E-state index contributed by atoms with van der Waals surface area (Å²) in [7, 11) is 0. The lowest BCUT2D eigenvalue weighted by Crippen LogP contribution is -2.56.